The highest BCUT2D eigenvalue weighted by Gasteiger charge is 2.22. The molecule has 0 aliphatic carbocycles. The fraction of sp³-hybridized carbons (Fsp3) is 0.286. The molecular weight excluding hydrogens is 376 g/mol. The highest BCUT2D eigenvalue weighted by molar-refractivity contribution is 7.90. The number of carbonyl (C=O) groups is 1. The fourth-order valence-corrected chi connectivity index (χ4v) is 4.83. The Morgan fingerprint density at radius 3 is 2.57 bits per heavy atom. The number of para-hydroxylation sites is 1. The average Bonchev–Trinajstić information content (AvgIpc) is 3.03. The molecule has 0 bridgehead atoms. The third kappa shape index (κ3) is 4.43. The van der Waals surface area contributed by atoms with Crippen molar-refractivity contribution in [3.05, 3.63) is 65.9 Å². The molecule has 6 nitrogen and oxygen atoms in total. The van der Waals surface area contributed by atoms with Crippen molar-refractivity contribution in [3.8, 4) is 0 Å². The molecule has 0 atom stereocenters. The third-order valence-corrected chi connectivity index (χ3v) is 6.32. The summed E-state index contributed by atoms with van der Waals surface area (Å²) in [5.41, 5.74) is 2.43. The topological polar surface area (TPSA) is 77.4 Å². The van der Waals surface area contributed by atoms with Crippen LogP contribution in [0.5, 0.6) is 0 Å². The number of nitrogens with one attached hydrogen (secondary N) is 1. The van der Waals surface area contributed by atoms with E-state index < -0.39 is 9.84 Å². The van der Waals surface area contributed by atoms with Gasteiger partial charge >= 0.3 is 0 Å². The zero-order valence-corrected chi connectivity index (χ0v) is 16.8. The van der Waals surface area contributed by atoms with Gasteiger partial charge in [-0.3, -0.25) is 4.79 Å². The van der Waals surface area contributed by atoms with Crippen molar-refractivity contribution in [1.29, 1.82) is 0 Å². The normalized spacial score (nSPS) is 11.6. The summed E-state index contributed by atoms with van der Waals surface area (Å²) in [6.07, 6.45) is 1.56. The maximum Gasteiger partial charge on any atom is 0.240 e. The first-order chi connectivity index (χ1) is 13.4. The monoisotopic (exact) mass is 400 g/mol. The Hall–Kier alpha value is -2.64. The number of nitrogens with zero attached hydrogens (tertiary/aromatic N) is 1. The number of ether oxygens (including phenoxy) is 1. The van der Waals surface area contributed by atoms with Crippen LogP contribution in [0.1, 0.15) is 11.1 Å². The summed E-state index contributed by atoms with van der Waals surface area (Å²) in [5, 5.41) is 3.38. The number of benzene rings is 2. The second-order valence-corrected chi connectivity index (χ2v) is 8.62. The van der Waals surface area contributed by atoms with Crippen LogP contribution in [0.15, 0.2) is 59.6 Å². The molecule has 148 valence electrons. The first-order valence-corrected chi connectivity index (χ1v) is 10.7. The Morgan fingerprint density at radius 1 is 1.11 bits per heavy atom. The van der Waals surface area contributed by atoms with E-state index in [4.69, 9.17) is 4.74 Å². The van der Waals surface area contributed by atoms with Crippen molar-refractivity contribution >= 4 is 26.6 Å². The molecule has 1 heterocycles. The van der Waals surface area contributed by atoms with E-state index in [0.717, 1.165) is 11.1 Å². The molecule has 0 saturated heterocycles. The van der Waals surface area contributed by atoms with Gasteiger partial charge in [0.1, 0.15) is 6.54 Å². The number of carbonyl (C=O) groups excluding carboxylic acids is 1. The lowest BCUT2D eigenvalue weighted by molar-refractivity contribution is -0.121. The molecule has 0 spiro atoms. The Labute approximate surface area is 165 Å². The van der Waals surface area contributed by atoms with Crippen molar-refractivity contribution in [2.24, 2.45) is 0 Å². The van der Waals surface area contributed by atoms with Gasteiger partial charge in [0.25, 0.3) is 0 Å². The number of sulfone groups is 1. The molecule has 0 radical (unpaired) electrons. The number of amides is 1. The first kappa shape index (κ1) is 20.1. The van der Waals surface area contributed by atoms with Gasteiger partial charge in [0.05, 0.1) is 17.3 Å². The van der Waals surface area contributed by atoms with Gasteiger partial charge in [-0.2, -0.15) is 0 Å². The Kier molecular flexibility index (Phi) is 6.16. The fourth-order valence-electron chi connectivity index (χ4n) is 3.15. The molecule has 7 heteroatoms. The lowest BCUT2D eigenvalue weighted by atomic mass is 10.1. The number of hydrogen-bond donors (Lipinski definition) is 1. The molecule has 0 aliphatic rings. The predicted octanol–water partition coefficient (Wildman–Crippen LogP) is 2.69. The highest BCUT2D eigenvalue weighted by atomic mass is 32.2. The number of methoxy groups -OCH3 is 1. The number of fused-ring (bicyclic) bond motifs is 1. The molecule has 1 N–H and O–H groups in total. The number of aryl methyl sites for hydroxylation is 1. The van der Waals surface area contributed by atoms with Crippen LogP contribution in [0.3, 0.4) is 0 Å². The minimum Gasteiger partial charge on any atom is -0.383 e. The molecule has 2 aromatic carbocycles. The summed E-state index contributed by atoms with van der Waals surface area (Å²) in [6.45, 7) is 2.78. The van der Waals surface area contributed by atoms with Crippen molar-refractivity contribution in [2.75, 3.05) is 20.3 Å². The molecule has 3 aromatic rings. The van der Waals surface area contributed by atoms with E-state index in [2.05, 4.69) is 5.32 Å². The zero-order chi connectivity index (χ0) is 20.1. The molecule has 1 aromatic heterocycles. The van der Waals surface area contributed by atoms with Crippen LogP contribution in [0, 0.1) is 6.92 Å². The zero-order valence-electron chi connectivity index (χ0n) is 16.0. The molecular formula is C21H24N2O4S. The SMILES string of the molecule is COCCNC(=O)Cn1cc(S(=O)(=O)Cc2ccccc2C)c2ccccc21. The van der Waals surface area contributed by atoms with Gasteiger partial charge in [-0.25, -0.2) is 8.42 Å². The van der Waals surface area contributed by atoms with Gasteiger partial charge < -0.3 is 14.6 Å². The minimum atomic E-state index is -3.57. The largest absolute Gasteiger partial charge is 0.383 e. The van der Waals surface area contributed by atoms with E-state index in [1.165, 1.54) is 0 Å². The standard InChI is InChI=1S/C21H24N2O4S/c1-16-7-3-4-8-17(16)15-28(25,26)20-13-23(14-21(24)22-11-12-27-2)19-10-6-5-9-18(19)20/h3-10,13H,11-12,14-15H2,1-2H3,(H,22,24). The summed E-state index contributed by atoms with van der Waals surface area (Å²) in [7, 11) is -2.00. The maximum absolute atomic E-state index is 13.1. The van der Waals surface area contributed by atoms with E-state index >= 15 is 0 Å². The molecule has 1 amide bonds. The van der Waals surface area contributed by atoms with Crippen molar-refractivity contribution in [1.82, 2.24) is 9.88 Å². The van der Waals surface area contributed by atoms with Gasteiger partial charge in [0.2, 0.25) is 5.91 Å². The molecule has 28 heavy (non-hydrogen) atoms. The molecule has 0 saturated carbocycles. The Bertz CT molecular complexity index is 1090. The van der Waals surface area contributed by atoms with Crippen LogP contribution in [-0.4, -0.2) is 39.2 Å². The summed E-state index contributed by atoms with van der Waals surface area (Å²) in [4.78, 5) is 12.4. The van der Waals surface area contributed by atoms with Crippen LogP contribution in [-0.2, 0) is 31.7 Å². The van der Waals surface area contributed by atoms with Crippen LogP contribution in [0.25, 0.3) is 10.9 Å². The average molecular weight is 401 g/mol. The summed E-state index contributed by atoms with van der Waals surface area (Å²) in [6, 6.07) is 14.7. The van der Waals surface area contributed by atoms with Gasteiger partial charge in [0, 0.05) is 30.8 Å². The van der Waals surface area contributed by atoms with Crippen molar-refractivity contribution in [2.45, 2.75) is 24.1 Å². The minimum absolute atomic E-state index is 0.0457. The highest BCUT2D eigenvalue weighted by Crippen LogP contribution is 2.28. The third-order valence-electron chi connectivity index (χ3n) is 4.64. The van der Waals surface area contributed by atoms with E-state index in [1.807, 2.05) is 43.3 Å². The number of hydrogen-bond acceptors (Lipinski definition) is 4. The summed E-state index contributed by atoms with van der Waals surface area (Å²) in [5.74, 6) is -0.270. The van der Waals surface area contributed by atoms with Crippen molar-refractivity contribution in [3.63, 3.8) is 0 Å². The predicted molar refractivity (Wildman–Crippen MR) is 109 cm³/mol. The Morgan fingerprint density at radius 2 is 1.82 bits per heavy atom. The van der Waals surface area contributed by atoms with E-state index in [9.17, 15) is 13.2 Å². The van der Waals surface area contributed by atoms with E-state index in [-0.39, 0.29) is 23.1 Å². The van der Waals surface area contributed by atoms with Crippen molar-refractivity contribution < 1.29 is 17.9 Å². The van der Waals surface area contributed by atoms with Crippen LogP contribution < -0.4 is 5.32 Å². The molecule has 0 aliphatic heterocycles. The summed E-state index contributed by atoms with van der Waals surface area (Å²) >= 11 is 0. The number of rotatable bonds is 8. The summed E-state index contributed by atoms with van der Waals surface area (Å²) < 4.78 is 32.9. The van der Waals surface area contributed by atoms with Crippen LogP contribution >= 0.6 is 0 Å². The lowest BCUT2D eigenvalue weighted by Gasteiger charge is -2.07. The van der Waals surface area contributed by atoms with E-state index in [1.54, 1.807) is 30.0 Å². The maximum atomic E-state index is 13.1. The quantitative estimate of drug-likeness (QED) is 0.590. The van der Waals surface area contributed by atoms with Gasteiger partial charge in [0.15, 0.2) is 9.84 Å². The molecule has 3 rings (SSSR count). The van der Waals surface area contributed by atoms with Crippen LogP contribution in [0.4, 0.5) is 0 Å². The molecule has 0 unspecified atom stereocenters. The number of aromatic nitrogens is 1. The van der Waals surface area contributed by atoms with Gasteiger partial charge in [-0.05, 0) is 24.1 Å². The first-order valence-electron chi connectivity index (χ1n) is 9.03. The Balaban J connectivity index is 1.93. The van der Waals surface area contributed by atoms with E-state index in [0.29, 0.717) is 24.1 Å². The lowest BCUT2D eigenvalue weighted by Crippen LogP contribution is -2.30. The second-order valence-electron chi connectivity index (χ2n) is 6.67. The van der Waals surface area contributed by atoms with Gasteiger partial charge in [-0.1, -0.05) is 42.5 Å². The van der Waals surface area contributed by atoms with Crippen LogP contribution in [0.2, 0.25) is 0 Å². The smallest absolute Gasteiger partial charge is 0.240 e. The molecule has 0 fully saturated rings. The van der Waals surface area contributed by atoms with Gasteiger partial charge in [-0.15, -0.1) is 0 Å². The second kappa shape index (κ2) is 8.58.